The van der Waals surface area contributed by atoms with Crippen LogP contribution in [0.1, 0.15) is 94.1 Å². The Kier molecular flexibility index (Phi) is 7.89. The fraction of sp³-hybridized carbons (Fsp3) is 0.353. The van der Waals surface area contributed by atoms with Gasteiger partial charge in [-0.15, -0.1) is 33.5 Å². The van der Waals surface area contributed by atoms with Crippen LogP contribution in [-0.4, -0.2) is 18.9 Å². The van der Waals surface area contributed by atoms with Gasteiger partial charge in [0.25, 0.3) is 0 Å². The molecule has 2 aliphatic heterocycles. The number of carbonyl (C=O) groups excluding carboxylic acids is 2. The first-order chi connectivity index (χ1) is 19.7. The van der Waals surface area contributed by atoms with Crippen LogP contribution in [-0.2, 0) is 32.7 Å². The van der Waals surface area contributed by atoms with Gasteiger partial charge in [0.05, 0.1) is 7.11 Å². The first kappa shape index (κ1) is 29.7. The number of hydrogen-bond donors (Lipinski definition) is 0. The maximum Gasteiger partial charge on any atom is 0.305 e. The summed E-state index contributed by atoms with van der Waals surface area (Å²) in [6, 6.07) is 0. The molecule has 1 aliphatic carbocycles. The van der Waals surface area contributed by atoms with Crippen molar-refractivity contribution in [2.45, 2.75) is 60.3 Å². The fourth-order valence-corrected chi connectivity index (χ4v) is 6.64. The van der Waals surface area contributed by atoms with Gasteiger partial charge in [0.15, 0.2) is 5.78 Å². The summed E-state index contributed by atoms with van der Waals surface area (Å²) in [6.45, 7) is 14.4. The number of methoxy groups -OCH3 is 1. The van der Waals surface area contributed by atoms with Crippen molar-refractivity contribution in [3.05, 3.63) is 90.1 Å². The molecule has 7 nitrogen and oxygen atoms in total. The quantitative estimate of drug-likeness (QED) is 0.395. The van der Waals surface area contributed by atoms with E-state index in [1.807, 2.05) is 31.2 Å². The fourth-order valence-electron chi connectivity index (χ4n) is 6.64. The third-order valence-electron chi connectivity index (χ3n) is 9.08. The molecule has 0 saturated carbocycles. The van der Waals surface area contributed by atoms with Crippen molar-refractivity contribution in [1.29, 1.82) is 0 Å². The van der Waals surface area contributed by atoms with Gasteiger partial charge in [-0.3, -0.25) is 9.59 Å². The number of aromatic nitrogens is 3. The Morgan fingerprint density at radius 2 is 1.74 bits per heavy atom. The van der Waals surface area contributed by atoms with Crippen molar-refractivity contribution >= 4 is 41.6 Å². The molecule has 0 aromatic carbocycles. The van der Waals surface area contributed by atoms with Gasteiger partial charge in [-0.25, -0.2) is 0 Å². The summed E-state index contributed by atoms with van der Waals surface area (Å²) in [4.78, 5) is 40.6. The number of fused-ring (bicyclic) bond motifs is 7. The number of Topliss-reactive ketones (excluding diaryl/α,β-unsaturated/α-hetero) is 1. The molecule has 8 bridgehead atoms. The molecule has 3 aliphatic rings. The average Bonchev–Trinajstić information content (AvgIpc) is 3.70. The summed E-state index contributed by atoms with van der Waals surface area (Å²) in [7, 11) is 1.41. The van der Waals surface area contributed by atoms with Gasteiger partial charge >= 0.3 is 5.97 Å². The molecule has 0 amide bonds. The Bertz CT molecular complexity index is 1830. The van der Waals surface area contributed by atoms with E-state index in [1.165, 1.54) is 7.11 Å². The Hall–Kier alpha value is -3.75. The van der Waals surface area contributed by atoms with Crippen LogP contribution >= 0.6 is 0 Å². The van der Waals surface area contributed by atoms with Gasteiger partial charge in [0, 0.05) is 35.2 Å². The summed E-state index contributed by atoms with van der Waals surface area (Å²) >= 11 is 0. The van der Waals surface area contributed by atoms with Crippen molar-refractivity contribution in [2.24, 2.45) is 11.8 Å². The molecule has 2 atom stereocenters. The topological polar surface area (TPSA) is 99.8 Å². The molecule has 221 valence electrons. The van der Waals surface area contributed by atoms with Crippen LogP contribution in [0.4, 0.5) is 0 Å². The van der Waals surface area contributed by atoms with E-state index in [1.54, 1.807) is 0 Å². The molecule has 0 N–H and O–H groups in total. The van der Waals surface area contributed by atoms with E-state index in [4.69, 9.17) is 25.0 Å². The monoisotopic (exact) mass is 605 g/mol. The van der Waals surface area contributed by atoms with E-state index in [2.05, 4.69) is 34.3 Å². The minimum absolute atomic E-state index is 0. The summed E-state index contributed by atoms with van der Waals surface area (Å²) in [5.74, 6) is -0.233. The van der Waals surface area contributed by atoms with Crippen LogP contribution < -0.4 is 25.7 Å². The third-order valence-corrected chi connectivity index (χ3v) is 9.08. The molecule has 1 radical (unpaired) electrons. The number of nitrogens with zero attached hydrogens (tertiary/aromatic N) is 4. The molecule has 8 heteroatoms. The van der Waals surface area contributed by atoms with Gasteiger partial charge in [-0.1, -0.05) is 72.6 Å². The van der Waals surface area contributed by atoms with Crippen molar-refractivity contribution in [3.8, 4) is 0 Å². The molecule has 1 fully saturated rings. The standard InChI is InChI=1S/C34H35N4O3.Co/c1-8-20-16(3)24-13-26-18(5)22(10-11-31(40)41-7)33(37-26)23-12-30(39)32-19(6)27(38-34(23)32)15-29-21(9-2)17(4)25(36-29)14-28(20)35-24;/h8,13-15,18,22H,1,9-12H2,2-7H3,(H-,37,38,39);/q-3;/p-1/b25-14-,26-13-,29-15-;. The summed E-state index contributed by atoms with van der Waals surface area (Å²) in [6.07, 6.45) is 9.87. The van der Waals surface area contributed by atoms with Crippen LogP contribution in [0.15, 0.2) is 18.0 Å². The van der Waals surface area contributed by atoms with Crippen LogP contribution in [0.5, 0.6) is 0 Å². The predicted octanol–water partition coefficient (Wildman–Crippen LogP) is 4.59. The van der Waals surface area contributed by atoms with Crippen LogP contribution in [0, 0.1) is 32.6 Å². The van der Waals surface area contributed by atoms with Crippen LogP contribution in [0.2, 0.25) is 0 Å². The average molecular weight is 606 g/mol. The number of esters is 1. The first-order valence-electron chi connectivity index (χ1n) is 14.3. The second kappa shape index (κ2) is 11.2. The zero-order valence-corrected chi connectivity index (χ0v) is 25.9. The molecule has 6 rings (SSSR count). The predicted molar refractivity (Wildman–Crippen MR) is 160 cm³/mol. The Labute approximate surface area is 256 Å². The summed E-state index contributed by atoms with van der Waals surface area (Å²) < 4.78 is 4.95. The summed E-state index contributed by atoms with van der Waals surface area (Å²) in [5.41, 5.74) is 11.5. The molecule has 42 heavy (non-hydrogen) atoms. The summed E-state index contributed by atoms with van der Waals surface area (Å²) in [5, 5.41) is 6.89. The Morgan fingerprint density at radius 1 is 1.02 bits per heavy atom. The zero-order valence-electron chi connectivity index (χ0n) is 24.8. The van der Waals surface area contributed by atoms with E-state index < -0.39 is 0 Å². The van der Waals surface area contributed by atoms with Crippen molar-refractivity contribution in [3.63, 3.8) is 0 Å². The SMILES string of the molecule is C=Cc1c2[n-]c(c1C)/C=C1\[N-]/C(=C3/CC(=O)c4c3[n-]c(c4C)/C=c3\[n-]/c(c(C)c3CC)=C\2)C(CCC(=O)OC)C1C.[Co]. The molecule has 0 spiro atoms. The number of hydrogen-bond acceptors (Lipinski definition) is 3. The molecular formula is C34H34CoN4O3-4. The maximum absolute atomic E-state index is 13.4. The minimum Gasteiger partial charge on any atom is -0.664 e. The van der Waals surface area contributed by atoms with Crippen molar-refractivity contribution in [2.75, 3.05) is 7.11 Å². The molecule has 1 saturated heterocycles. The molecule has 5 heterocycles. The van der Waals surface area contributed by atoms with E-state index >= 15 is 0 Å². The van der Waals surface area contributed by atoms with Crippen molar-refractivity contribution < 1.29 is 31.1 Å². The van der Waals surface area contributed by atoms with Gasteiger partial charge in [-0.2, -0.15) is 11.4 Å². The van der Waals surface area contributed by atoms with Crippen molar-refractivity contribution in [1.82, 2.24) is 15.0 Å². The molecule has 2 unspecified atom stereocenters. The smallest absolute Gasteiger partial charge is 0.305 e. The van der Waals surface area contributed by atoms with Crippen LogP contribution in [0.3, 0.4) is 0 Å². The van der Waals surface area contributed by atoms with E-state index in [0.29, 0.717) is 17.7 Å². The zero-order chi connectivity index (χ0) is 29.2. The van der Waals surface area contributed by atoms with E-state index in [-0.39, 0.29) is 53.2 Å². The number of ether oxygens (including phenoxy) is 1. The molecular weight excluding hydrogens is 571 g/mol. The van der Waals surface area contributed by atoms with Gasteiger partial charge in [0.1, 0.15) is 0 Å². The second-order valence-electron chi connectivity index (χ2n) is 11.3. The van der Waals surface area contributed by atoms with E-state index in [9.17, 15) is 9.59 Å². The van der Waals surface area contributed by atoms with Crippen LogP contribution in [0.25, 0.3) is 35.2 Å². The van der Waals surface area contributed by atoms with E-state index in [0.717, 1.165) is 79.0 Å². The Morgan fingerprint density at radius 3 is 2.43 bits per heavy atom. The molecule has 3 aromatic heterocycles. The normalized spacial score (nSPS) is 23.2. The maximum atomic E-state index is 13.4. The van der Waals surface area contributed by atoms with Gasteiger partial charge in [-0.05, 0) is 51.0 Å². The van der Waals surface area contributed by atoms with Gasteiger partial charge in [0.2, 0.25) is 0 Å². The Balaban J connectivity index is 0.00000353. The number of allylic oxidation sites excluding steroid dienone is 3. The molecule has 3 aromatic rings. The van der Waals surface area contributed by atoms with Gasteiger partial charge < -0.3 is 25.0 Å². The number of carbonyl (C=O) groups is 2. The minimum atomic E-state index is -0.257. The second-order valence-corrected chi connectivity index (χ2v) is 11.3. The number of rotatable bonds is 5. The number of ketones is 1. The third kappa shape index (κ3) is 4.57. The largest absolute Gasteiger partial charge is 0.664 e. The first-order valence-corrected chi connectivity index (χ1v) is 14.3.